The van der Waals surface area contributed by atoms with Crippen molar-refractivity contribution in [3.63, 3.8) is 0 Å². The summed E-state index contributed by atoms with van der Waals surface area (Å²) in [6.45, 7) is 5.88. The highest BCUT2D eigenvalue weighted by molar-refractivity contribution is 6.32. The van der Waals surface area contributed by atoms with Gasteiger partial charge in [-0.25, -0.2) is 4.68 Å². The Hall–Kier alpha value is -3.90. The van der Waals surface area contributed by atoms with E-state index in [1.807, 2.05) is 92.7 Å². The molecule has 0 aliphatic heterocycles. The molecule has 2 amide bonds. The summed E-state index contributed by atoms with van der Waals surface area (Å²) in [6.07, 6.45) is 3.23. The van der Waals surface area contributed by atoms with Crippen molar-refractivity contribution < 1.29 is 9.59 Å². The molecule has 0 saturated carbocycles. The molecule has 1 N–H and O–H groups in total. The van der Waals surface area contributed by atoms with Crippen LogP contribution in [-0.4, -0.2) is 39.1 Å². The number of nitrogens with one attached hydrogen (secondary N) is 1. The maximum Gasteiger partial charge on any atom is 0.254 e. The summed E-state index contributed by atoms with van der Waals surface area (Å²) in [5.74, 6) is -0.0282. The lowest BCUT2D eigenvalue weighted by atomic mass is 10.1. The quantitative estimate of drug-likeness (QED) is 0.240. The van der Waals surface area contributed by atoms with E-state index in [0.717, 1.165) is 24.8 Å². The van der Waals surface area contributed by atoms with Crippen molar-refractivity contribution >= 4 is 29.2 Å². The second-order valence-electron chi connectivity index (χ2n) is 9.52. The van der Waals surface area contributed by atoms with Gasteiger partial charge in [-0.05, 0) is 56.5 Å². The van der Waals surface area contributed by atoms with Crippen molar-refractivity contribution in [1.29, 1.82) is 0 Å². The van der Waals surface area contributed by atoms with Crippen molar-refractivity contribution in [1.82, 2.24) is 14.7 Å². The van der Waals surface area contributed by atoms with Gasteiger partial charge in [-0.3, -0.25) is 9.59 Å². The van der Waals surface area contributed by atoms with Crippen molar-refractivity contribution in [2.24, 2.45) is 0 Å². The van der Waals surface area contributed by atoms with Gasteiger partial charge in [0.25, 0.3) is 5.91 Å². The minimum atomic E-state index is -0.320. The summed E-state index contributed by atoms with van der Waals surface area (Å²) in [5, 5.41) is 8.19. The first-order valence-electron chi connectivity index (χ1n) is 13.0. The Balaban J connectivity index is 1.56. The fourth-order valence-electron chi connectivity index (χ4n) is 4.21. The summed E-state index contributed by atoms with van der Waals surface area (Å²) in [7, 11) is 0. The summed E-state index contributed by atoms with van der Waals surface area (Å²) in [5.41, 5.74) is 4.03. The third kappa shape index (κ3) is 6.50. The van der Waals surface area contributed by atoms with Crippen LogP contribution in [0, 0.1) is 0 Å². The van der Waals surface area contributed by atoms with E-state index in [4.69, 9.17) is 16.7 Å². The van der Waals surface area contributed by atoms with Crippen LogP contribution in [0.4, 0.5) is 5.82 Å². The number of hydrogen-bond acceptors (Lipinski definition) is 3. The van der Waals surface area contributed by atoms with Gasteiger partial charge >= 0.3 is 0 Å². The SMILES string of the molecule is CCCCc1ccc(C(=O)N(CC(=O)Nc2cc(-c3ccccc3)nn2-c2ccccc2Cl)C(C)C)cc1. The maximum absolute atomic E-state index is 13.3. The number of unbranched alkanes of at least 4 members (excludes halogenated alkanes) is 1. The number of rotatable bonds is 10. The molecule has 4 rings (SSSR count). The Morgan fingerprint density at radius 1 is 0.974 bits per heavy atom. The van der Waals surface area contributed by atoms with E-state index in [0.29, 0.717) is 27.8 Å². The largest absolute Gasteiger partial charge is 0.327 e. The number of amides is 2. The minimum absolute atomic E-state index is 0.0948. The topological polar surface area (TPSA) is 67.2 Å². The molecule has 3 aromatic carbocycles. The van der Waals surface area contributed by atoms with Crippen LogP contribution in [0.2, 0.25) is 5.02 Å². The van der Waals surface area contributed by atoms with Gasteiger partial charge in [0.1, 0.15) is 12.4 Å². The predicted molar refractivity (Wildman–Crippen MR) is 154 cm³/mol. The van der Waals surface area contributed by atoms with Crippen LogP contribution >= 0.6 is 11.6 Å². The molecule has 0 radical (unpaired) electrons. The molecular weight excluding hydrogens is 496 g/mol. The van der Waals surface area contributed by atoms with Gasteiger partial charge in [0, 0.05) is 23.2 Å². The second kappa shape index (κ2) is 12.6. The minimum Gasteiger partial charge on any atom is -0.327 e. The van der Waals surface area contributed by atoms with Crippen LogP contribution in [0.5, 0.6) is 0 Å². The second-order valence-corrected chi connectivity index (χ2v) is 9.93. The number of aryl methyl sites for hydroxylation is 1. The van der Waals surface area contributed by atoms with Crippen LogP contribution in [-0.2, 0) is 11.2 Å². The van der Waals surface area contributed by atoms with Crippen LogP contribution < -0.4 is 5.32 Å². The van der Waals surface area contributed by atoms with Crippen LogP contribution in [0.15, 0.2) is 84.9 Å². The van der Waals surface area contributed by atoms with E-state index in [-0.39, 0.29) is 24.4 Å². The lowest BCUT2D eigenvalue weighted by Gasteiger charge is -2.26. The lowest BCUT2D eigenvalue weighted by Crippen LogP contribution is -2.42. The lowest BCUT2D eigenvalue weighted by molar-refractivity contribution is -0.117. The molecule has 0 spiro atoms. The Labute approximate surface area is 229 Å². The zero-order valence-electron chi connectivity index (χ0n) is 22.0. The molecule has 0 aliphatic carbocycles. The van der Waals surface area contributed by atoms with E-state index in [2.05, 4.69) is 12.2 Å². The number of hydrogen-bond donors (Lipinski definition) is 1. The zero-order chi connectivity index (χ0) is 27.1. The van der Waals surface area contributed by atoms with Crippen LogP contribution in [0.25, 0.3) is 16.9 Å². The first kappa shape index (κ1) is 27.1. The number of benzene rings is 3. The van der Waals surface area contributed by atoms with Gasteiger partial charge in [0.2, 0.25) is 5.91 Å². The van der Waals surface area contributed by atoms with E-state index >= 15 is 0 Å². The average molecular weight is 529 g/mol. The van der Waals surface area contributed by atoms with Crippen molar-refractivity contribution in [3.05, 3.63) is 101 Å². The third-order valence-corrected chi connectivity index (χ3v) is 6.66. The highest BCUT2D eigenvalue weighted by atomic mass is 35.5. The summed E-state index contributed by atoms with van der Waals surface area (Å²) < 4.78 is 1.62. The summed E-state index contributed by atoms with van der Waals surface area (Å²) >= 11 is 6.47. The van der Waals surface area contributed by atoms with Crippen LogP contribution in [0.3, 0.4) is 0 Å². The first-order chi connectivity index (χ1) is 18.4. The van der Waals surface area contributed by atoms with Gasteiger partial charge in [0.15, 0.2) is 0 Å². The molecule has 0 unspecified atom stereocenters. The fourth-order valence-corrected chi connectivity index (χ4v) is 4.43. The van der Waals surface area contributed by atoms with Gasteiger partial charge in [-0.15, -0.1) is 0 Å². The Kier molecular flexibility index (Phi) is 8.98. The Morgan fingerprint density at radius 3 is 2.32 bits per heavy atom. The van der Waals surface area contributed by atoms with Crippen molar-refractivity contribution in [2.75, 3.05) is 11.9 Å². The number of carbonyl (C=O) groups excluding carboxylic acids is 2. The maximum atomic E-state index is 13.3. The standard InChI is InChI=1S/C31H33ClN4O2/c1-4-5-11-23-16-18-25(19-17-23)31(38)35(22(2)3)21-30(37)33-29-20-27(24-12-7-6-8-13-24)34-36(29)28-15-10-9-14-26(28)32/h6-10,12-20,22H,4-5,11,21H2,1-3H3,(H,33,37). The first-order valence-corrected chi connectivity index (χ1v) is 13.3. The molecule has 0 bridgehead atoms. The van der Waals surface area contributed by atoms with E-state index < -0.39 is 0 Å². The highest BCUT2D eigenvalue weighted by Gasteiger charge is 2.23. The molecule has 196 valence electrons. The van der Waals surface area contributed by atoms with Gasteiger partial charge in [0.05, 0.1) is 16.4 Å². The number of nitrogens with zero attached hydrogens (tertiary/aromatic N) is 3. The fraction of sp³-hybridized carbons (Fsp3) is 0.258. The van der Waals surface area contributed by atoms with Gasteiger partial charge in [-0.1, -0.05) is 79.5 Å². The van der Waals surface area contributed by atoms with Crippen molar-refractivity contribution in [2.45, 2.75) is 46.1 Å². The Bertz CT molecular complexity index is 1380. The third-order valence-electron chi connectivity index (χ3n) is 6.35. The molecule has 6 nitrogen and oxygen atoms in total. The number of para-hydroxylation sites is 1. The number of aromatic nitrogens is 2. The van der Waals surface area contributed by atoms with E-state index in [9.17, 15) is 9.59 Å². The van der Waals surface area contributed by atoms with Gasteiger partial charge < -0.3 is 10.2 Å². The number of anilines is 1. The monoisotopic (exact) mass is 528 g/mol. The average Bonchev–Trinajstić information content (AvgIpc) is 3.34. The number of halogens is 1. The molecule has 0 aliphatic rings. The molecule has 38 heavy (non-hydrogen) atoms. The summed E-state index contributed by atoms with van der Waals surface area (Å²) in [6, 6.07) is 26.4. The smallest absolute Gasteiger partial charge is 0.254 e. The molecule has 0 fully saturated rings. The normalized spacial score (nSPS) is 11.0. The molecule has 0 atom stereocenters. The highest BCUT2D eigenvalue weighted by Crippen LogP contribution is 2.28. The van der Waals surface area contributed by atoms with Crippen LogP contribution in [0.1, 0.15) is 49.5 Å². The van der Waals surface area contributed by atoms with E-state index in [1.165, 1.54) is 5.56 Å². The molecular formula is C31H33ClN4O2. The molecule has 4 aromatic rings. The molecule has 1 aromatic heterocycles. The van der Waals surface area contributed by atoms with Crippen molar-refractivity contribution in [3.8, 4) is 16.9 Å². The molecule has 0 saturated heterocycles. The van der Waals surface area contributed by atoms with Gasteiger partial charge in [-0.2, -0.15) is 5.10 Å². The predicted octanol–water partition coefficient (Wildman–Crippen LogP) is 7.02. The zero-order valence-corrected chi connectivity index (χ0v) is 22.8. The molecule has 1 heterocycles. The number of carbonyl (C=O) groups is 2. The molecule has 7 heteroatoms. The summed E-state index contributed by atoms with van der Waals surface area (Å²) in [4.78, 5) is 28.2. The van der Waals surface area contributed by atoms with E-state index in [1.54, 1.807) is 15.6 Å². The Morgan fingerprint density at radius 2 is 1.66 bits per heavy atom.